The summed E-state index contributed by atoms with van der Waals surface area (Å²) in [6.07, 6.45) is 0.355. The molecule has 1 unspecified atom stereocenters. The third kappa shape index (κ3) is 3.02. The van der Waals surface area contributed by atoms with Crippen LogP contribution in [0.5, 0.6) is 0 Å². The Hall–Kier alpha value is -2.48. The van der Waals surface area contributed by atoms with Gasteiger partial charge in [0.2, 0.25) is 11.9 Å². The van der Waals surface area contributed by atoms with Crippen LogP contribution < -0.4 is 16.0 Å². The molecule has 0 saturated carbocycles. The van der Waals surface area contributed by atoms with Crippen LogP contribution in [0.1, 0.15) is 6.42 Å². The van der Waals surface area contributed by atoms with E-state index in [9.17, 15) is 13.6 Å². The van der Waals surface area contributed by atoms with E-state index in [1.165, 1.54) is 12.1 Å². The SMILES string of the molecule is Nc1nc(Cl)cc(NC2CCN(c3c(F)cccc3F)C2=O)n1. The molecule has 1 aromatic heterocycles. The smallest absolute Gasteiger partial charge is 0.249 e. The van der Waals surface area contributed by atoms with E-state index in [2.05, 4.69) is 15.3 Å². The van der Waals surface area contributed by atoms with E-state index in [1.54, 1.807) is 0 Å². The second-order valence-electron chi connectivity index (χ2n) is 4.98. The largest absolute Gasteiger partial charge is 0.368 e. The summed E-state index contributed by atoms with van der Waals surface area (Å²) in [7, 11) is 0. The minimum absolute atomic E-state index is 0.0394. The number of nitrogens with one attached hydrogen (secondary N) is 1. The third-order valence-electron chi connectivity index (χ3n) is 3.45. The van der Waals surface area contributed by atoms with Crippen LogP contribution in [0.3, 0.4) is 0 Å². The van der Waals surface area contributed by atoms with Crippen LogP contribution in [0.15, 0.2) is 24.3 Å². The van der Waals surface area contributed by atoms with E-state index in [0.29, 0.717) is 6.42 Å². The Kier molecular flexibility index (Phi) is 3.99. The number of rotatable bonds is 3. The van der Waals surface area contributed by atoms with Crippen molar-refractivity contribution >= 4 is 35.0 Å². The third-order valence-corrected chi connectivity index (χ3v) is 3.64. The lowest BCUT2D eigenvalue weighted by molar-refractivity contribution is -0.117. The first-order valence-electron chi connectivity index (χ1n) is 6.77. The van der Waals surface area contributed by atoms with Crippen molar-refractivity contribution < 1.29 is 13.6 Å². The number of anilines is 3. The van der Waals surface area contributed by atoms with Crippen LogP contribution in [0.2, 0.25) is 5.15 Å². The highest BCUT2D eigenvalue weighted by atomic mass is 35.5. The van der Waals surface area contributed by atoms with Gasteiger partial charge in [-0.05, 0) is 18.6 Å². The monoisotopic (exact) mass is 339 g/mol. The summed E-state index contributed by atoms with van der Waals surface area (Å²) >= 11 is 5.77. The van der Waals surface area contributed by atoms with Crippen molar-refractivity contribution in [1.29, 1.82) is 0 Å². The summed E-state index contributed by atoms with van der Waals surface area (Å²) in [5, 5.41) is 2.99. The number of para-hydroxylation sites is 1. The number of benzene rings is 1. The van der Waals surface area contributed by atoms with Gasteiger partial charge in [-0.15, -0.1) is 0 Å². The molecule has 1 aliphatic rings. The van der Waals surface area contributed by atoms with Crippen molar-refractivity contribution in [2.45, 2.75) is 12.5 Å². The number of amides is 1. The van der Waals surface area contributed by atoms with Crippen LogP contribution in [-0.2, 0) is 4.79 Å². The standard InChI is InChI=1S/C14H12ClF2N5O/c15-10-6-11(21-14(18)20-10)19-9-4-5-22(13(9)23)12-7(16)2-1-3-8(12)17/h1-3,6,9H,4-5H2,(H3,18,19,20,21). The predicted molar refractivity (Wildman–Crippen MR) is 82.2 cm³/mol. The molecular weight excluding hydrogens is 328 g/mol. The summed E-state index contributed by atoms with van der Waals surface area (Å²) in [6.45, 7) is 0.183. The van der Waals surface area contributed by atoms with Gasteiger partial charge in [0.15, 0.2) is 0 Å². The van der Waals surface area contributed by atoms with Gasteiger partial charge in [0.05, 0.1) is 0 Å². The number of nitrogens with zero attached hydrogens (tertiary/aromatic N) is 3. The van der Waals surface area contributed by atoms with Gasteiger partial charge in [0.1, 0.15) is 34.3 Å². The quantitative estimate of drug-likeness (QED) is 0.838. The van der Waals surface area contributed by atoms with E-state index >= 15 is 0 Å². The molecule has 0 aliphatic carbocycles. The van der Waals surface area contributed by atoms with E-state index in [0.717, 1.165) is 17.0 Å². The molecule has 0 spiro atoms. The molecule has 1 amide bonds. The van der Waals surface area contributed by atoms with Gasteiger partial charge >= 0.3 is 0 Å². The number of hydrogen-bond acceptors (Lipinski definition) is 5. The zero-order valence-electron chi connectivity index (χ0n) is 11.8. The molecule has 2 heterocycles. The molecule has 3 N–H and O–H groups in total. The number of nitrogens with two attached hydrogens (primary N) is 1. The average Bonchev–Trinajstić information content (AvgIpc) is 2.79. The van der Waals surface area contributed by atoms with E-state index in [-0.39, 0.29) is 29.2 Å². The first-order valence-corrected chi connectivity index (χ1v) is 7.15. The molecule has 3 rings (SSSR count). The van der Waals surface area contributed by atoms with Crippen LogP contribution in [-0.4, -0.2) is 28.5 Å². The molecule has 1 fully saturated rings. The fourth-order valence-corrected chi connectivity index (χ4v) is 2.66. The lowest BCUT2D eigenvalue weighted by Crippen LogP contribution is -2.34. The van der Waals surface area contributed by atoms with Gasteiger partial charge in [0, 0.05) is 12.6 Å². The number of carbonyl (C=O) groups is 1. The van der Waals surface area contributed by atoms with E-state index in [4.69, 9.17) is 17.3 Å². The molecule has 1 aromatic carbocycles. The second kappa shape index (κ2) is 5.96. The van der Waals surface area contributed by atoms with E-state index in [1.807, 2.05) is 0 Å². The Labute approximate surface area is 135 Å². The normalized spacial score (nSPS) is 17.6. The van der Waals surface area contributed by atoms with Crippen LogP contribution in [0.25, 0.3) is 0 Å². The zero-order chi connectivity index (χ0) is 16.6. The van der Waals surface area contributed by atoms with Gasteiger partial charge in [-0.2, -0.15) is 4.98 Å². The lowest BCUT2D eigenvalue weighted by atomic mass is 10.2. The Morgan fingerprint density at radius 3 is 2.65 bits per heavy atom. The zero-order valence-corrected chi connectivity index (χ0v) is 12.5. The summed E-state index contributed by atoms with van der Waals surface area (Å²) in [5.41, 5.74) is 5.14. The van der Waals surface area contributed by atoms with Crippen LogP contribution >= 0.6 is 11.6 Å². The molecule has 1 saturated heterocycles. The van der Waals surface area contributed by atoms with Crippen LogP contribution in [0, 0.1) is 11.6 Å². The molecule has 23 heavy (non-hydrogen) atoms. The van der Waals surface area contributed by atoms with Crippen molar-refractivity contribution in [2.24, 2.45) is 0 Å². The molecule has 120 valence electrons. The number of halogens is 3. The topological polar surface area (TPSA) is 84.1 Å². The van der Waals surface area contributed by atoms with Crippen molar-refractivity contribution in [3.05, 3.63) is 41.1 Å². The Balaban J connectivity index is 1.82. The minimum Gasteiger partial charge on any atom is -0.368 e. The van der Waals surface area contributed by atoms with Crippen molar-refractivity contribution in [3.63, 3.8) is 0 Å². The summed E-state index contributed by atoms with van der Waals surface area (Å²) < 4.78 is 27.7. The fourth-order valence-electron chi connectivity index (χ4n) is 2.47. The molecule has 9 heteroatoms. The van der Waals surface area contributed by atoms with Crippen molar-refractivity contribution in [2.75, 3.05) is 22.5 Å². The maximum Gasteiger partial charge on any atom is 0.249 e. The van der Waals surface area contributed by atoms with Gasteiger partial charge < -0.3 is 16.0 Å². The van der Waals surface area contributed by atoms with Crippen LogP contribution in [0.4, 0.5) is 26.2 Å². The first kappa shape index (κ1) is 15.4. The number of nitrogen functional groups attached to an aromatic ring is 1. The molecule has 6 nitrogen and oxygen atoms in total. The number of carbonyl (C=O) groups excluding carboxylic acids is 1. The van der Waals surface area contributed by atoms with Gasteiger partial charge in [-0.3, -0.25) is 4.79 Å². The minimum atomic E-state index is -0.784. The van der Waals surface area contributed by atoms with Gasteiger partial charge in [-0.25, -0.2) is 13.8 Å². The summed E-state index contributed by atoms with van der Waals surface area (Å²) in [5.74, 6) is -1.79. The highest BCUT2D eigenvalue weighted by molar-refractivity contribution is 6.29. The van der Waals surface area contributed by atoms with Gasteiger partial charge in [0.25, 0.3) is 0 Å². The highest BCUT2D eigenvalue weighted by Gasteiger charge is 2.35. The Morgan fingerprint density at radius 1 is 1.30 bits per heavy atom. The fraction of sp³-hybridized carbons (Fsp3) is 0.214. The van der Waals surface area contributed by atoms with Crippen molar-refractivity contribution in [3.8, 4) is 0 Å². The summed E-state index contributed by atoms with van der Waals surface area (Å²) in [4.78, 5) is 21.1. The number of aromatic nitrogens is 2. The lowest BCUT2D eigenvalue weighted by Gasteiger charge is -2.18. The Bertz CT molecular complexity index is 732. The van der Waals surface area contributed by atoms with E-state index < -0.39 is 23.6 Å². The molecule has 0 radical (unpaired) electrons. The predicted octanol–water partition coefficient (Wildman–Crippen LogP) is 2.21. The molecule has 2 aromatic rings. The molecule has 0 bridgehead atoms. The molecule has 1 aliphatic heterocycles. The average molecular weight is 340 g/mol. The maximum absolute atomic E-state index is 13.8. The van der Waals surface area contributed by atoms with Crippen molar-refractivity contribution in [1.82, 2.24) is 9.97 Å². The first-order chi connectivity index (χ1) is 11.0. The highest BCUT2D eigenvalue weighted by Crippen LogP contribution is 2.28. The second-order valence-corrected chi connectivity index (χ2v) is 5.37. The summed E-state index contributed by atoms with van der Waals surface area (Å²) in [6, 6.07) is 4.20. The Morgan fingerprint density at radius 2 is 2.00 bits per heavy atom. The molecule has 1 atom stereocenters. The van der Waals surface area contributed by atoms with Gasteiger partial charge in [-0.1, -0.05) is 17.7 Å². The molecular formula is C14H12ClF2N5O. The maximum atomic E-state index is 13.8. The number of hydrogen-bond donors (Lipinski definition) is 2.